The maximum Gasteiger partial charge on any atom is 0.323 e. The van der Waals surface area contributed by atoms with Gasteiger partial charge < -0.3 is 9.84 Å². The molecule has 0 amide bonds. The van der Waals surface area contributed by atoms with Crippen molar-refractivity contribution in [1.29, 1.82) is 0 Å². The number of thioether (sulfide) groups is 1. The van der Waals surface area contributed by atoms with E-state index in [1.165, 1.54) is 0 Å². The minimum absolute atomic E-state index is 0.455. The van der Waals surface area contributed by atoms with Crippen molar-refractivity contribution < 1.29 is 14.6 Å². The predicted octanol–water partition coefficient (Wildman–Crippen LogP) is 1.64. The molecular weight excluding hydrogens is 250 g/mol. The highest BCUT2D eigenvalue weighted by Gasteiger charge is 2.46. The molecule has 0 spiro atoms. The lowest BCUT2D eigenvalue weighted by molar-refractivity contribution is -0.146. The fourth-order valence-electron chi connectivity index (χ4n) is 2.91. The molecule has 0 radical (unpaired) electrons. The fourth-order valence-corrected chi connectivity index (χ4v) is 4.49. The quantitative estimate of drug-likeness (QED) is 0.796. The van der Waals surface area contributed by atoms with Crippen LogP contribution in [0.4, 0.5) is 0 Å². The van der Waals surface area contributed by atoms with Gasteiger partial charge in [0.05, 0.1) is 18.5 Å². The molecule has 0 aromatic rings. The van der Waals surface area contributed by atoms with Gasteiger partial charge >= 0.3 is 5.97 Å². The molecule has 3 aliphatic rings. The van der Waals surface area contributed by atoms with E-state index in [-0.39, 0.29) is 0 Å². The molecule has 3 fully saturated rings. The van der Waals surface area contributed by atoms with Crippen molar-refractivity contribution in [2.75, 3.05) is 13.2 Å². The second-order valence-corrected chi connectivity index (χ2v) is 7.43. The van der Waals surface area contributed by atoms with Gasteiger partial charge in [-0.2, -0.15) is 11.8 Å². The largest absolute Gasteiger partial charge is 0.480 e. The van der Waals surface area contributed by atoms with Crippen molar-refractivity contribution in [3.63, 3.8) is 0 Å². The summed E-state index contributed by atoms with van der Waals surface area (Å²) in [7, 11) is 0. The Balaban J connectivity index is 1.62. The number of rotatable bonds is 5. The zero-order valence-electron chi connectivity index (χ0n) is 10.6. The lowest BCUT2D eigenvalue weighted by Gasteiger charge is -2.40. The first-order chi connectivity index (χ1) is 8.68. The zero-order chi connectivity index (χ0) is 12.6. The van der Waals surface area contributed by atoms with Crippen LogP contribution in [0.25, 0.3) is 0 Å². The molecule has 4 nitrogen and oxygen atoms in total. The normalized spacial score (nSPS) is 37.2. The van der Waals surface area contributed by atoms with Crippen molar-refractivity contribution >= 4 is 17.7 Å². The first-order valence-corrected chi connectivity index (χ1v) is 7.86. The highest BCUT2D eigenvalue weighted by atomic mass is 32.2. The standard InChI is InChI=1S/C13H21NO3S/c15-12(16)13(14-9-3-4-9)5-1-2-10(6-13)18-11-7-17-8-11/h9-11,14H,1-8H2,(H,15,16). The third-order valence-electron chi connectivity index (χ3n) is 4.17. The Morgan fingerprint density at radius 3 is 2.61 bits per heavy atom. The van der Waals surface area contributed by atoms with Crippen LogP contribution in [-0.4, -0.2) is 46.4 Å². The van der Waals surface area contributed by atoms with Crippen molar-refractivity contribution in [1.82, 2.24) is 5.32 Å². The van der Waals surface area contributed by atoms with Gasteiger partial charge in [-0.3, -0.25) is 10.1 Å². The second kappa shape index (κ2) is 5.02. The van der Waals surface area contributed by atoms with E-state index in [0.29, 0.717) is 16.5 Å². The summed E-state index contributed by atoms with van der Waals surface area (Å²) < 4.78 is 5.20. The maximum atomic E-state index is 11.7. The van der Waals surface area contributed by atoms with Crippen LogP contribution in [0, 0.1) is 0 Å². The summed E-state index contributed by atoms with van der Waals surface area (Å²) in [6.45, 7) is 1.69. The molecule has 0 aromatic carbocycles. The molecular formula is C13H21NO3S. The summed E-state index contributed by atoms with van der Waals surface area (Å²) in [6, 6.07) is 0.455. The van der Waals surface area contributed by atoms with Crippen molar-refractivity contribution in [2.24, 2.45) is 0 Å². The number of ether oxygens (including phenoxy) is 1. The SMILES string of the molecule is O=C(O)C1(NC2CC2)CCCC(SC2COC2)C1. The third kappa shape index (κ3) is 2.68. The van der Waals surface area contributed by atoms with Gasteiger partial charge in [0.1, 0.15) is 5.54 Å². The number of carbonyl (C=O) groups is 1. The molecule has 1 aliphatic heterocycles. The van der Waals surface area contributed by atoms with E-state index in [0.717, 1.165) is 51.7 Å². The smallest absolute Gasteiger partial charge is 0.323 e. The maximum absolute atomic E-state index is 11.7. The van der Waals surface area contributed by atoms with Gasteiger partial charge in [-0.25, -0.2) is 0 Å². The zero-order valence-corrected chi connectivity index (χ0v) is 11.4. The fraction of sp³-hybridized carbons (Fsp3) is 0.923. The highest BCUT2D eigenvalue weighted by molar-refractivity contribution is 8.00. The Hall–Kier alpha value is -0.260. The van der Waals surface area contributed by atoms with Crippen LogP contribution in [0.3, 0.4) is 0 Å². The van der Waals surface area contributed by atoms with Crippen LogP contribution in [0.1, 0.15) is 38.5 Å². The van der Waals surface area contributed by atoms with Crippen LogP contribution >= 0.6 is 11.8 Å². The van der Waals surface area contributed by atoms with E-state index in [9.17, 15) is 9.90 Å². The molecule has 2 atom stereocenters. The number of nitrogens with one attached hydrogen (secondary N) is 1. The van der Waals surface area contributed by atoms with Crippen LogP contribution in [0.2, 0.25) is 0 Å². The Bertz CT molecular complexity index is 330. The molecule has 102 valence electrons. The van der Waals surface area contributed by atoms with Gasteiger partial charge in [0.2, 0.25) is 0 Å². The molecule has 0 bridgehead atoms. The van der Waals surface area contributed by atoms with Gasteiger partial charge in [0, 0.05) is 11.3 Å². The van der Waals surface area contributed by atoms with Gasteiger partial charge in [0.25, 0.3) is 0 Å². The van der Waals surface area contributed by atoms with E-state index in [4.69, 9.17) is 4.74 Å². The Morgan fingerprint density at radius 2 is 2.06 bits per heavy atom. The molecule has 18 heavy (non-hydrogen) atoms. The van der Waals surface area contributed by atoms with Gasteiger partial charge in [0.15, 0.2) is 0 Å². The van der Waals surface area contributed by atoms with Gasteiger partial charge in [-0.1, -0.05) is 0 Å². The molecule has 1 saturated heterocycles. The molecule has 2 N–H and O–H groups in total. The van der Waals surface area contributed by atoms with E-state index in [2.05, 4.69) is 5.32 Å². The van der Waals surface area contributed by atoms with Crippen molar-refractivity contribution in [3.05, 3.63) is 0 Å². The van der Waals surface area contributed by atoms with Crippen molar-refractivity contribution in [3.8, 4) is 0 Å². The molecule has 5 heteroatoms. The van der Waals surface area contributed by atoms with E-state index in [1.54, 1.807) is 0 Å². The van der Waals surface area contributed by atoms with Crippen LogP contribution < -0.4 is 5.32 Å². The molecule has 2 unspecified atom stereocenters. The summed E-state index contributed by atoms with van der Waals surface area (Å²) in [5.74, 6) is -0.649. The molecule has 2 aliphatic carbocycles. The Labute approximate surface area is 112 Å². The van der Waals surface area contributed by atoms with Crippen LogP contribution in [0.5, 0.6) is 0 Å². The lowest BCUT2D eigenvalue weighted by atomic mass is 9.81. The molecule has 1 heterocycles. The topological polar surface area (TPSA) is 58.6 Å². The number of carboxylic acid groups (broad SMARTS) is 1. The summed E-state index contributed by atoms with van der Waals surface area (Å²) in [6.07, 6.45) is 6.03. The van der Waals surface area contributed by atoms with Crippen molar-refractivity contribution in [2.45, 2.75) is 60.6 Å². The van der Waals surface area contributed by atoms with E-state index in [1.807, 2.05) is 11.8 Å². The summed E-state index contributed by atoms with van der Waals surface area (Å²) in [4.78, 5) is 11.7. The molecule has 0 aromatic heterocycles. The van der Waals surface area contributed by atoms with Gasteiger partial charge in [-0.05, 0) is 38.5 Å². The van der Waals surface area contributed by atoms with Crippen LogP contribution in [0.15, 0.2) is 0 Å². The van der Waals surface area contributed by atoms with Gasteiger partial charge in [-0.15, -0.1) is 0 Å². The summed E-state index contributed by atoms with van der Waals surface area (Å²) in [5, 5.41) is 14.1. The predicted molar refractivity (Wildman–Crippen MR) is 71.0 cm³/mol. The lowest BCUT2D eigenvalue weighted by Crippen LogP contribution is -2.56. The Morgan fingerprint density at radius 1 is 1.28 bits per heavy atom. The average molecular weight is 271 g/mol. The van der Waals surface area contributed by atoms with E-state index >= 15 is 0 Å². The highest BCUT2D eigenvalue weighted by Crippen LogP contribution is 2.40. The minimum Gasteiger partial charge on any atom is -0.480 e. The van der Waals surface area contributed by atoms with E-state index < -0.39 is 11.5 Å². The molecule has 2 saturated carbocycles. The summed E-state index contributed by atoms with van der Waals surface area (Å²) in [5.41, 5.74) is -0.651. The second-order valence-electron chi connectivity index (χ2n) is 5.82. The Kier molecular flexibility index (Phi) is 3.56. The number of carboxylic acids is 1. The first kappa shape index (κ1) is 12.8. The van der Waals surface area contributed by atoms with Crippen LogP contribution in [-0.2, 0) is 9.53 Å². The average Bonchev–Trinajstić information content (AvgIpc) is 3.08. The number of hydrogen-bond donors (Lipinski definition) is 2. The number of hydrogen-bond acceptors (Lipinski definition) is 4. The third-order valence-corrected chi connectivity index (χ3v) is 5.61. The monoisotopic (exact) mass is 271 g/mol. The summed E-state index contributed by atoms with van der Waals surface area (Å²) >= 11 is 1.95. The number of aliphatic carboxylic acids is 1. The minimum atomic E-state index is -0.651. The molecule has 3 rings (SSSR count). The first-order valence-electron chi connectivity index (χ1n) is 6.92.